The first-order valence-corrected chi connectivity index (χ1v) is 33.1. The first-order chi connectivity index (χ1) is 35.1. The molecule has 0 aliphatic heterocycles. The normalized spacial score (nSPS) is 12.0. The number of carbonyl (C=O) groups excluding carboxylic acids is 2. The molecule has 0 aliphatic rings. The van der Waals surface area contributed by atoms with Crippen molar-refractivity contribution in [3.8, 4) is 0 Å². The van der Waals surface area contributed by atoms with E-state index in [4.69, 9.17) is 9.47 Å². The SMILES string of the molecule is CCCCCCCCCCCCCCCCCCCCCCCCCCCCCCCCCCCCC(=O)OC(CO)COC(=O)CCCCCCCCCCCCCCCCCCCCCCCCC. The van der Waals surface area contributed by atoms with Crippen LogP contribution in [0.5, 0.6) is 0 Å². The van der Waals surface area contributed by atoms with Crippen LogP contribution >= 0.6 is 0 Å². The molecule has 0 bridgehead atoms. The van der Waals surface area contributed by atoms with Gasteiger partial charge in [-0.15, -0.1) is 0 Å². The van der Waals surface area contributed by atoms with Gasteiger partial charge in [-0.2, -0.15) is 0 Å². The van der Waals surface area contributed by atoms with Gasteiger partial charge in [0, 0.05) is 12.8 Å². The van der Waals surface area contributed by atoms with Crippen molar-refractivity contribution in [1.29, 1.82) is 0 Å². The molecule has 0 aromatic heterocycles. The van der Waals surface area contributed by atoms with Gasteiger partial charge in [0.15, 0.2) is 6.10 Å². The zero-order valence-electron chi connectivity index (χ0n) is 48.8. The highest BCUT2D eigenvalue weighted by Crippen LogP contribution is 2.19. The van der Waals surface area contributed by atoms with Crippen LogP contribution in [-0.2, 0) is 19.1 Å². The van der Waals surface area contributed by atoms with Crippen molar-refractivity contribution in [3.63, 3.8) is 0 Å². The molecule has 0 fully saturated rings. The molecule has 0 rings (SSSR count). The molecule has 0 aliphatic carbocycles. The van der Waals surface area contributed by atoms with Gasteiger partial charge in [0.05, 0.1) is 6.61 Å². The third-order valence-corrected chi connectivity index (χ3v) is 15.7. The fourth-order valence-corrected chi connectivity index (χ4v) is 10.7. The molecule has 0 saturated heterocycles. The number of hydrogen-bond acceptors (Lipinski definition) is 5. The predicted molar refractivity (Wildman–Crippen MR) is 312 cm³/mol. The smallest absolute Gasteiger partial charge is 0.306 e. The molecule has 0 aromatic rings. The molecule has 0 spiro atoms. The average molecular weight is 1000 g/mol. The molecule has 0 saturated carbocycles. The molecule has 424 valence electrons. The molecule has 1 N–H and O–H groups in total. The molecule has 0 amide bonds. The number of ether oxygens (including phenoxy) is 2. The highest BCUT2D eigenvalue weighted by molar-refractivity contribution is 5.70. The summed E-state index contributed by atoms with van der Waals surface area (Å²) in [5, 5.41) is 9.68. The van der Waals surface area contributed by atoms with Gasteiger partial charge in [0.1, 0.15) is 6.61 Å². The summed E-state index contributed by atoms with van der Waals surface area (Å²) >= 11 is 0. The monoisotopic (exact) mass is 1000 g/mol. The Hall–Kier alpha value is -1.10. The van der Waals surface area contributed by atoms with Crippen molar-refractivity contribution in [2.24, 2.45) is 0 Å². The molecule has 71 heavy (non-hydrogen) atoms. The van der Waals surface area contributed by atoms with E-state index in [9.17, 15) is 14.7 Å². The van der Waals surface area contributed by atoms with Crippen molar-refractivity contribution in [2.75, 3.05) is 13.2 Å². The van der Waals surface area contributed by atoms with E-state index in [0.29, 0.717) is 12.8 Å². The zero-order chi connectivity index (χ0) is 51.3. The number of aliphatic hydroxyl groups excluding tert-OH is 1. The minimum Gasteiger partial charge on any atom is -0.462 e. The molecule has 0 radical (unpaired) electrons. The Kier molecular flexibility index (Phi) is 62.2. The van der Waals surface area contributed by atoms with Crippen molar-refractivity contribution in [2.45, 2.75) is 399 Å². The summed E-state index contributed by atoms with van der Waals surface area (Å²) in [4.78, 5) is 24.6. The van der Waals surface area contributed by atoms with E-state index in [1.165, 1.54) is 334 Å². The highest BCUT2D eigenvalue weighted by atomic mass is 16.6. The molecule has 5 nitrogen and oxygen atoms in total. The number of hydrogen-bond donors (Lipinski definition) is 1. The molecular formula is C66H130O5. The summed E-state index contributed by atoms with van der Waals surface area (Å²) in [6.07, 6.45) is 78.5. The molecule has 0 aromatic carbocycles. The lowest BCUT2D eigenvalue weighted by Gasteiger charge is -2.15. The molecular weight excluding hydrogens is 873 g/mol. The van der Waals surface area contributed by atoms with Crippen LogP contribution in [0.2, 0.25) is 0 Å². The van der Waals surface area contributed by atoms with E-state index in [0.717, 1.165) is 32.1 Å². The quantitative estimate of drug-likeness (QED) is 0.0485. The average Bonchev–Trinajstić information content (AvgIpc) is 3.37. The Labute approximate surface area is 446 Å². The van der Waals surface area contributed by atoms with Gasteiger partial charge in [-0.05, 0) is 12.8 Å². The molecule has 1 unspecified atom stereocenters. The molecule has 1 atom stereocenters. The largest absolute Gasteiger partial charge is 0.462 e. The Bertz CT molecular complexity index is 999. The maximum atomic E-state index is 12.3. The zero-order valence-corrected chi connectivity index (χ0v) is 48.8. The standard InChI is InChI=1S/C66H130O5/c1-3-5-7-9-11-13-15-17-19-21-23-25-27-28-29-30-31-32-33-34-35-36-37-39-41-43-45-47-49-51-53-55-57-59-61-66(69)71-64(62-67)63-70-65(68)60-58-56-54-52-50-48-46-44-42-40-38-26-24-22-20-18-16-14-12-10-8-6-4-2/h64,67H,3-63H2,1-2H3. The van der Waals surface area contributed by atoms with E-state index in [1.54, 1.807) is 0 Å². The third kappa shape index (κ3) is 61.3. The number of rotatable bonds is 63. The molecule has 0 heterocycles. The van der Waals surface area contributed by atoms with Crippen LogP contribution in [0, 0.1) is 0 Å². The van der Waals surface area contributed by atoms with E-state index >= 15 is 0 Å². The van der Waals surface area contributed by atoms with Crippen LogP contribution in [0.1, 0.15) is 393 Å². The summed E-state index contributed by atoms with van der Waals surface area (Å²) in [5.41, 5.74) is 0. The number of esters is 2. The Balaban J connectivity index is 3.35. The van der Waals surface area contributed by atoms with Gasteiger partial charge >= 0.3 is 11.9 Å². The summed E-state index contributed by atoms with van der Waals surface area (Å²) in [7, 11) is 0. The lowest BCUT2D eigenvalue weighted by Crippen LogP contribution is -2.28. The van der Waals surface area contributed by atoms with Crippen molar-refractivity contribution >= 4 is 11.9 Å². The minimum atomic E-state index is -0.765. The second-order valence-corrected chi connectivity index (χ2v) is 22.9. The topological polar surface area (TPSA) is 72.8 Å². The van der Waals surface area contributed by atoms with Crippen molar-refractivity contribution in [3.05, 3.63) is 0 Å². The van der Waals surface area contributed by atoms with E-state index in [2.05, 4.69) is 13.8 Å². The fourth-order valence-electron chi connectivity index (χ4n) is 10.7. The maximum absolute atomic E-state index is 12.3. The van der Waals surface area contributed by atoms with Crippen LogP contribution in [0.25, 0.3) is 0 Å². The fraction of sp³-hybridized carbons (Fsp3) is 0.970. The second kappa shape index (κ2) is 63.2. The van der Waals surface area contributed by atoms with Crippen molar-refractivity contribution in [1.82, 2.24) is 0 Å². The first kappa shape index (κ1) is 69.9. The van der Waals surface area contributed by atoms with Gasteiger partial charge in [-0.1, -0.05) is 367 Å². The lowest BCUT2D eigenvalue weighted by molar-refractivity contribution is -0.161. The Morgan fingerprint density at radius 2 is 0.437 bits per heavy atom. The predicted octanol–water partition coefficient (Wildman–Crippen LogP) is 22.5. The Morgan fingerprint density at radius 3 is 0.620 bits per heavy atom. The summed E-state index contributed by atoms with van der Waals surface area (Å²) < 4.78 is 10.8. The summed E-state index contributed by atoms with van der Waals surface area (Å²) in [5.74, 6) is -0.560. The Morgan fingerprint density at radius 1 is 0.268 bits per heavy atom. The highest BCUT2D eigenvalue weighted by Gasteiger charge is 2.16. The van der Waals surface area contributed by atoms with Gasteiger partial charge in [-0.25, -0.2) is 0 Å². The minimum absolute atomic E-state index is 0.0554. The van der Waals surface area contributed by atoms with Gasteiger partial charge in [0.2, 0.25) is 0 Å². The van der Waals surface area contributed by atoms with Gasteiger partial charge in [-0.3, -0.25) is 9.59 Å². The third-order valence-electron chi connectivity index (χ3n) is 15.7. The van der Waals surface area contributed by atoms with E-state index in [1.807, 2.05) is 0 Å². The lowest BCUT2D eigenvalue weighted by atomic mass is 10.0. The number of unbranched alkanes of at least 4 members (excludes halogenated alkanes) is 55. The molecule has 5 heteroatoms. The van der Waals surface area contributed by atoms with Crippen LogP contribution < -0.4 is 0 Å². The van der Waals surface area contributed by atoms with Crippen LogP contribution in [0.15, 0.2) is 0 Å². The van der Waals surface area contributed by atoms with Gasteiger partial charge < -0.3 is 14.6 Å². The maximum Gasteiger partial charge on any atom is 0.306 e. The van der Waals surface area contributed by atoms with E-state index in [-0.39, 0.29) is 25.2 Å². The summed E-state index contributed by atoms with van der Waals surface area (Å²) in [6, 6.07) is 0. The van der Waals surface area contributed by atoms with Crippen LogP contribution in [0.3, 0.4) is 0 Å². The van der Waals surface area contributed by atoms with E-state index < -0.39 is 6.10 Å². The number of aliphatic hydroxyl groups is 1. The van der Waals surface area contributed by atoms with Crippen LogP contribution in [-0.4, -0.2) is 36.4 Å². The summed E-state index contributed by atoms with van der Waals surface area (Å²) in [6.45, 7) is 4.22. The van der Waals surface area contributed by atoms with Crippen molar-refractivity contribution < 1.29 is 24.2 Å². The second-order valence-electron chi connectivity index (χ2n) is 22.9. The first-order valence-electron chi connectivity index (χ1n) is 33.1. The number of carbonyl (C=O) groups is 2. The van der Waals surface area contributed by atoms with Gasteiger partial charge in [0.25, 0.3) is 0 Å². The van der Waals surface area contributed by atoms with Crippen LogP contribution in [0.4, 0.5) is 0 Å².